The molecule has 16 heavy (non-hydrogen) atoms. The van der Waals surface area contributed by atoms with Gasteiger partial charge in [0.2, 0.25) is 0 Å². The van der Waals surface area contributed by atoms with Gasteiger partial charge in [0.1, 0.15) is 5.82 Å². The normalized spacial score (nSPS) is 13.1. The van der Waals surface area contributed by atoms with Gasteiger partial charge in [-0.15, -0.1) is 0 Å². The predicted molar refractivity (Wildman–Crippen MR) is 66.6 cm³/mol. The molecular formula is C13H21FN2. The summed E-state index contributed by atoms with van der Waals surface area (Å²) in [6, 6.07) is 5.13. The molecule has 0 bridgehead atoms. The minimum absolute atomic E-state index is 0.273. The van der Waals surface area contributed by atoms with Crippen LogP contribution in [0.25, 0.3) is 0 Å². The monoisotopic (exact) mass is 224 g/mol. The highest BCUT2D eigenvalue weighted by molar-refractivity contribution is 5.46. The van der Waals surface area contributed by atoms with Gasteiger partial charge in [0.05, 0.1) is 0 Å². The van der Waals surface area contributed by atoms with E-state index in [0.717, 1.165) is 18.5 Å². The first kappa shape index (κ1) is 13.0. The molecule has 0 aliphatic heterocycles. The van der Waals surface area contributed by atoms with Gasteiger partial charge in [-0.1, -0.05) is 19.4 Å². The van der Waals surface area contributed by atoms with Gasteiger partial charge in [0.15, 0.2) is 0 Å². The molecule has 2 nitrogen and oxygen atoms in total. The molecule has 0 fully saturated rings. The van der Waals surface area contributed by atoms with Crippen molar-refractivity contribution < 1.29 is 4.39 Å². The molecule has 1 atom stereocenters. The minimum atomic E-state index is -0.273. The van der Waals surface area contributed by atoms with E-state index in [0.29, 0.717) is 11.7 Å². The van der Waals surface area contributed by atoms with Crippen LogP contribution in [0.1, 0.15) is 32.3 Å². The van der Waals surface area contributed by atoms with E-state index < -0.39 is 0 Å². The zero-order valence-corrected chi connectivity index (χ0v) is 10.3. The highest BCUT2D eigenvalue weighted by Crippen LogP contribution is 2.17. The average molecular weight is 224 g/mol. The Balaban J connectivity index is 2.65. The van der Waals surface area contributed by atoms with Crippen LogP contribution in [0, 0.1) is 5.82 Å². The van der Waals surface area contributed by atoms with Crippen molar-refractivity contribution in [1.82, 2.24) is 4.90 Å². The Bertz CT molecular complexity index is 339. The quantitative estimate of drug-likeness (QED) is 0.779. The molecule has 90 valence electrons. The molecule has 0 aromatic heterocycles. The van der Waals surface area contributed by atoms with Crippen molar-refractivity contribution in [2.45, 2.75) is 39.3 Å². The van der Waals surface area contributed by atoms with Crippen LogP contribution < -0.4 is 5.73 Å². The lowest BCUT2D eigenvalue weighted by Crippen LogP contribution is -2.28. The SMILES string of the molecule is CCCC(C)N(C)Cc1ccc(F)cc1N. The second kappa shape index (κ2) is 5.85. The van der Waals surface area contributed by atoms with Gasteiger partial charge in [-0.05, 0) is 38.1 Å². The highest BCUT2D eigenvalue weighted by Gasteiger charge is 2.10. The lowest BCUT2D eigenvalue weighted by molar-refractivity contribution is 0.237. The van der Waals surface area contributed by atoms with Crippen LogP contribution >= 0.6 is 0 Å². The van der Waals surface area contributed by atoms with Gasteiger partial charge in [0.25, 0.3) is 0 Å². The smallest absolute Gasteiger partial charge is 0.125 e. The number of nitrogen functional groups attached to an aromatic ring is 1. The average Bonchev–Trinajstić information content (AvgIpc) is 2.22. The molecule has 0 saturated carbocycles. The standard InChI is InChI=1S/C13H21FN2/c1-4-5-10(2)16(3)9-11-6-7-12(14)8-13(11)15/h6-8,10H,4-5,9,15H2,1-3H3. The Labute approximate surface area is 97.3 Å². The van der Waals surface area contributed by atoms with Crippen LogP contribution in [0.4, 0.5) is 10.1 Å². The van der Waals surface area contributed by atoms with Gasteiger partial charge < -0.3 is 5.73 Å². The number of halogens is 1. The van der Waals surface area contributed by atoms with Gasteiger partial charge >= 0.3 is 0 Å². The van der Waals surface area contributed by atoms with Crippen molar-refractivity contribution in [2.24, 2.45) is 0 Å². The van der Waals surface area contributed by atoms with E-state index in [9.17, 15) is 4.39 Å². The van der Waals surface area contributed by atoms with Crippen molar-refractivity contribution >= 4 is 5.69 Å². The number of rotatable bonds is 5. The van der Waals surface area contributed by atoms with Crippen molar-refractivity contribution in [1.29, 1.82) is 0 Å². The fourth-order valence-electron chi connectivity index (χ4n) is 1.77. The number of nitrogens with zero attached hydrogens (tertiary/aromatic N) is 1. The van der Waals surface area contributed by atoms with Crippen molar-refractivity contribution in [3.8, 4) is 0 Å². The van der Waals surface area contributed by atoms with Crippen LogP contribution in [0.15, 0.2) is 18.2 Å². The van der Waals surface area contributed by atoms with E-state index in [1.165, 1.54) is 18.6 Å². The van der Waals surface area contributed by atoms with E-state index in [4.69, 9.17) is 5.73 Å². The number of nitrogens with two attached hydrogens (primary N) is 1. The van der Waals surface area contributed by atoms with Gasteiger partial charge in [0, 0.05) is 18.3 Å². The molecule has 0 amide bonds. The lowest BCUT2D eigenvalue weighted by Gasteiger charge is -2.24. The molecular weight excluding hydrogens is 203 g/mol. The Morgan fingerprint density at radius 3 is 2.69 bits per heavy atom. The largest absolute Gasteiger partial charge is 0.398 e. The summed E-state index contributed by atoms with van der Waals surface area (Å²) in [5.74, 6) is -0.273. The number of hydrogen-bond acceptors (Lipinski definition) is 2. The topological polar surface area (TPSA) is 29.3 Å². The van der Waals surface area contributed by atoms with E-state index in [-0.39, 0.29) is 5.82 Å². The first-order valence-corrected chi connectivity index (χ1v) is 5.78. The van der Waals surface area contributed by atoms with Crippen molar-refractivity contribution in [3.63, 3.8) is 0 Å². The third kappa shape index (κ3) is 3.49. The Morgan fingerprint density at radius 1 is 1.44 bits per heavy atom. The van der Waals surface area contributed by atoms with E-state index in [1.807, 2.05) is 0 Å². The zero-order valence-electron chi connectivity index (χ0n) is 10.3. The summed E-state index contributed by atoms with van der Waals surface area (Å²) >= 11 is 0. The maximum absolute atomic E-state index is 12.9. The molecule has 1 aromatic carbocycles. The van der Waals surface area contributed by atoms with E-state index >= 15 is 0 Å². The molecule has 0 aliphatic rings. The molecule has 0 aliphatic carbocycles. The molecule has 0 saturated heterocycles. The summed E-state index contributed by atoms with van der Waals surface area (Å²) in [5, 5.41) is 0. The van der Waals surface area contributed by atoms with E-state index in [2.05, 4.69) is 25.8 Å². The summed E-state index contributed by atoms with van der Waals surface area (Å²) in [5.41, 5.74) is 7.31. The van der Waals surface area contributed by atoms with Crippen LogP contribution in [-0.4, -0.2) is 18.0 Å². The summed E-state index contributed by atoms with van der Waals surface area (Å²) in [4.78, 5) is 2.24. The molecule has 1 rings (SSSR count). The number of benzene rings is 1. The fourth-order valence-corrected chi connectivity index (χ4v) is 1.77. The molecule has 2 N–H and O–H groups in total. The maximum Gasteiger partial charge on any atom is 0.125 e. The second-order valence-corrected chi connectivity index (χ2v) is 4.40. The molecule has 1 aromatic rings. The molecule has 3 heteroatoms. The summed E-state index contributed by atoms with van der Waals surface area (Å²) in [6.45, 7) is 5.15. The van der Waals surface area contributed by atoms with Crippen LogP contribution in [0.3, 0.4) is 0 Å². The van der Waals surface area contributed by atoms with Crippen molar-refractivity contribution in [3.05, 3.63) is 29.6 Å². The Morgan fingerprint density at radius 2 is 2.12 bits per heavy atom. The molecule has 0 spiro atoms. The van der Waals surface area contributed by atoms with Gasteiger partial charge in [-0.2, -0.15) is 0 Å². The molecule has 0 heterocycles. The second-order valence-electron chi connectivity index (χ2n) is 4.40. The van der Waals surface area contributed by atoms with Crippen LogP contribution in [0.5, 0.6) is 0 Å². The van der Waals surface area contributed by atoms with Crippen molar-refractivity contribution in [2.75, 3.05) is 12.8 Å². The highest BCUT2D eigenvalue weighted by atomic mass is 19.1. The predicted octanol–water partition coefficient (Wildman–Crippen LogP) is 3.03. The zero-order chi connectivity index (χ0) is 12.1. The Hall–Kier alpha value is -1.09. The Kier molecular flexibility index (Phi) is 4.74. The summed E-state index contributed by atoms with van der Waals surface area (Å²) < 4.78 is 12.9. The third-order valence-electron chi connectivity index (χ3n) is 2.99. The van der Waals surface area contributed by atoms with Crippen LogP contribution in [-0.2, 0) is 6.54 Å². The molecule has 1 unspecified atom stereocenters. The number of hydrogen-bond donors (Lipinski definition) is 1. The fraction of sp³-hybridized carbons (Fsp3) is 0.538. The third-order valence-corrected chi connectivity index (χ3v) is 2.99. The number of anilines is 1. The van der Waals surface area contributed by atoms with Crippen LogP contribution in [0.2, 0.25) is 0 Å². The van der Waals surface area contributed by atoms with E-state index in [1.54, 1.807) is 6.07 Å². The van der Waals surface area contributed by atoms with Gasteiger partial charge in [-0.3, -0.25) is 4.90 Å². The first-order valence-electron chi connectivity index (χ1n) is 5.78. The summed E-state index contributed by atoms with van der Waals surface area (Å²) in [6.07, 6.45) is 2.34. The maximum atomic E-state index is 12.9. The summed E-state index contributed by atoms with van der Waals surface area (Å²) in [7, 11) is 2.07. The minimum Gasteiger partial charge on any atom is -0.398 e. The molecule has 0 radical (unpaired) electrons. The lowest BCUT2D eigenvalue weighted by atomic mass is 10.1. The first-order chi connectivity index (χ1) is 7.54. The van der Waals surface area contributed by atoms with Gasteiger partial charge in [-0.25, -0.2) is 4.39 Å².